The Morgan fingerprint density at radius 1 is 1.54 bits per heavy atom. The summed E-state index contributed by atoms with van der Waals surface area (Å²) in [6.07, 6.45) is 2.61. The largest absolute Gasteiger partial charge is 0.478 e. The molecule has 5 nitrogen and oxygen atoms in total. The van der Waals surface area contributed by atoms with Crippen LogP contribution in [0.25, 0.3) is 0 Å². The van der Waals surface area contributed by atoms with Gasteiger partial charge in [-0.25, -0.2) is 14.8 Å². The summed E-state index contributed by atoms with van der Waals surface area (Å²) in [6, 6.07) is 0.0304. The van der Waals surface area contributed by atoms with Gasteiger partial charge in [0.05, 0.1) is 11.6 Å². The monoisotopic (exact) mass is 181 g/mol. The van der Waals surface area contributed by atoms with Crippen molar-refractivity contribution in [3.63, 3.8) is 0 Å². The highest BCUT2D eigenvalue weighted by Crippen LogP contribution is 2.04. The Bertz CT molecular complexity index is 297. The van der Waals surface area contributed by atoms with E-state index in [2.05, 4.69) is 15.3 Å². The summed E-state index contributed by atoms with van der Waals surface area (Å²) in [4.78, 5) is 18.3. The number of carboxylic acids is 1. The van der Waals surface area contributed by atoms with E-state index in [9.17, 15) is 4.79 Å². The highest BCUT2D eigenvalue weighted by molar-refractivity contribution is 5.86. The second kappa shape index (κ2) is 3.95. The molecule has 0 saturated heterocycles. The van der Waals surface area contributed by atoms with Crippen LogP contribution in [0.4, 0.5) is 0 Å². The lowest BCUT2D eigenvalue weighted by Crippen LogP contribution is -2.15. The lowest BCUT2D eigenvalue weighted by Gasteiger charge is -2.07. The van der Waals surface area contributed by atoms with E-state index < -0.39 is 5.97 Å². The molecule has 1 aromatic rings. The molecular weight excluding hydrogens is 170 g/mol. The minimum Gasteiger partial charge on any atom is -0.478 e. The molecular formula is C8H11N3O2. The normalized spacial score (nSPS) is 12.5. The molecule has 13 heavy (non-hydrogen) atoms. The van der Waals surface area contributed by atoms with Crippen LogP contribution < -0.4 is 5.32 Å². The van der Waals surface area contributed by atoms with E-state index >= 15 is 0 Å². The Kier molecular flexibility index (Phi) is 2.92. The van der Waals surface area contributed by atoms with Gasteiger partial charge in [0.15, 0.2) is 0 Å². The number of aromatic nitrogens is 2. The van der Waals surface area contributed by atoms with Crippen molar-refractivity contribution in [1.82, 2.24) is 15.3 Å². The zero-order valence-corrected chi connectivity index (χ0v) is 7.48. The number of hydrogen-bond donors (Lipinski definition) is 2. The van der Waals surface area contributed by atoms with Gasteiger partial charge in [0, 0.05) is 12.4 Å². The summed E-state index contributed by atoms with van der Waals surface area (Å²) in [5.41, 5.74) is 0.104. The van der Waals surface area contributed by atoms with Crippen molar-refractivity contribution in [2.75, 3.05) is 7.05 Å². The van der Waals surface area contributed by atoms with Gasteiger partial charge >= 0.3 is 5.97 Å². The summed E-state index contributed by atoms with van der Waals surface area (Å²) < 4.78 is 0. The van der Waals surface area contributed by atoms with Crippen LogP contribution in [0.1, 0.15) is 29.1 Å². The Labute approximate surface area is 75.8 Å². The minimum absolute atomic E-state index is 0.0304. The van der Waals surface area contributed by atoms with Gasteiger partial charge in [-0.15, -0.1) is 0 Å². The zero-order chi connectivity index (χ0) is 9.84. The molecule has 0 saturated carbocycles. The average molecular weight is 181 g/mol. The molecule has 0 fully saturated rings. The first kappa shape index (κ1) is 9.60. The van der Waals surface area contributed by atoms with Crippen LogP contribution in [0.5, 0.6) is 0 Å². The van der Waals surface area contributed by atoms with Crippen LogP contribution in [-0.2, 0) is 0 Å². The second-order valence-electron chi connectivity index (χ2n) is 2.65. The standard InChI is InChI=1S/C8H11N3O2/c1-5(9-2)7-10-3-6(4-11-7)8(12)13/h3-5,9H,1-2H3,(H,12,13)/t5-/m1/s1. The third-order valence-corrected chi connectivity index (χ3v) is 1.74. The van der Waals surface area contributed by atoms with E-state index in [1.165, 1.54) is 12.4 Å². The van der Waals surface area contributed by atoms with Crippen LogP contribution >= 0.6 is 0 Å². The molecule has 1 atom stereocenters. The van der Waals surface area contributed by atoms with Crippen molar-refractivity contribution in [3.8, 4) is 0 Å². The van der Waals surface area contributed by atoms with Crippen LogP contribution in [0, 0.1) is 0 Å². The Hall–Kier alpha value is -1.49. The highest BCUT2D eigenvalue weighted by Gasteiger charge is 2.07. The Morgan fingerprint density at radius 2 is 2.08 bits per heavy atom. The molecule has 2 N–H and O–H groups in total. The molecule has 0 aliphatic carbocycles. The minimum atomic E-state index is -1.01. The summed E-state index contributed by atoms with van der Waals surface area (Å²) in [7, 11) is 1.79. The number of nitrogens with zero attached hydrogens (tertiary/aromatic N) is 2. The maximum Gasteiger partial charge on any atom is 0.338 e. The van der Waals surface area contributed by atoms with Crippen LogP contribution in [0.2, 0.25) is 0 Å². The van der Waals surface area contributed by atoms with Crippen molar-refractivity contribution in [2.45, 2.75) is 13.0 Å². The van der Waals surface area contributed by atoms with Crippen LogP contribution in [0.3, 0.4) is 0 Å². The van der Waals surface area contributed by atoms with Gasteiger partial charge in [0.1, 0.15) is 5.82 Å². The molecule has 0 amide bonds. The molecule has 0 aliphatic heterocycles. The lowest BCUT2D eigenvalue weighted by atomic mass is 10.3. The van der Waals surface area contributed by atoms with Gasteiger partial charge in [-0.05, 0) is 14.0 Å². The zero-order valence-electron chi connectivity index (χ0n) is 7.48. The molecule has 0 bridgehead atoms. The van der Waals surface area contributed by atoms with Crippen molar-refractivity contribution >= 4 is 5.97 Å². The number of rotatable bonds is 3. The fraction of sp³-hybridized carbons (Fsp3) is 0.375. The number of nitrogens with one attached hydrogen (secondary N) is 1. The first-order valence-electron chi connectivity index (χ1n) is 3.87. The maximum absolute atomic E-state index is 10.5. The fourth-order valence-corrected chi connectivity index (χ4v) is 0.801. The van der Waals surface area contributed by atoms with Crippen molar-refractivity contribution < 1.29 is 9.90 Å². The van der Waals surface area contributed by atoms with Gasteiger partial charge in [-0.3, -0.25) is 0 Å². The van der Waals surface area contributed by atoms with Crippen molar-refractivity contribution in [2.24, 2.45) is 0 Å². The fourth-order valence-electron chi connectivity index (χ4n) is 0.801. The van der Waals surface area contributed by atoms with E-state index in [-0.39, 0.29) is 11.6 Å². The summed E-state index contributed by atoms with van der Waals surface area (Å²) in [5.74, 6) is -0.420. The molecule has 0 spiro atoms. The maximum atomic E-state index is 10.5. The molecule has 1 rings (SSSR count). The highest BCUT2D eigenvalue weighted by atomic mass is 16.4. The van der Waals surface area contributed by atoms with E-state index in [1.54, 1.807) is 7.05 Å². The third-order valence-electron chi connectivity index (χ3n) is 1.74. The van der Waals surface area contributed by atoms with E-state index in [1.807, 2.05) is 6.92 Å². The molecule has 1 aromatic heterocycles. The number of carbonyl (C=O) groups is 1. The quantitative estimate of drug-likeness (QED) is 0.708. The van der Waals surface area contributed by atoms with Crippen LogP contribution in [0.15, 0.2) is 12.4 Å². The summed E-state index contributed by atoms with van der Waals surface area (Å²) in [5, 5.41) is 11.5. The topological polar surface area (TPSA) is 75.1 Å². The Morgan fingerprint density at radius 3 is 2.46 bits per heavy atom. The predicted octanol–water partition coefficient (Wildman–Crippen LogP) is 0.455. The average Bonchev–Trinajstić information content (AvgIpc) is 2.17. The molecule has 1 heterocycles. The van der Waals surface area contributed by atoms with Gasteiger partial charge in [-0.2, -0.15) is 0 Å². The molecule has 0 radical (unpaired) electrons. The predicted molar refractivity (Wildman–Crippen MR) is 46.5 cm³/mol. The summed E-state index contributed by atoms with van der Waals surface area (Å²) in [6.45, 7) is 1.90. The molecule has 5 heteroatoms. The van der Waals surface area contributed by atoms with E-state index in [0.717, 1.165) is 0 Å². The van der Waals surface area contributed by atoms with Crippen LogP contribution in [-0.4, -0.2) is 28.1 Å². The number of carboxylic acid groups (broad SMARTS) is 1. The number of aromatic carboxylic acids is 1. The van der Waals surface area contributed by atoms with Gasteiger partial charge in [0.2, 0.25) is 0 Å². The van der Waals surface area contributed by atoms with Gasteiger partial charge in [0.25, 0.3) is 0 Å². The van der Waals surface area contributed by atoms with Gasteiger partial charge < -0.3 is 10.4 Å². The molecule has 0 aliphatic rings. The first-order valence-corrected chi connectivity index (χ1v) is 3.87. The molecule has 0 unspecified atom stereocenters. The van der Waals surface area contributed by atoms with Gasteiger partial charge in [-0.1, -0.05) is 0 Å². The van der Waals surface area contributed by atoms with E-state index in [0.29, 0.717) is 5.82 Å². The first-order chi connectivity index (χ1) is 6.15. The Balaban J connectivity index is 2.87. The molecule has 0 aromatic carbocycles. The second-order valence-corrected chi connectivity index (χ2v) is 2.65. The SMILES string of the molecule is CN[C@H](C)c1ncc(C(=O)O)cn1. The smallest absolute Gasteiger partial charge is 0.338 e. The van der Waals surface area contributed by atoms with Crippen molar-refractivity contribution in [1.29, 1.82) is 0 Å². The van der Waals surface area contributed by atoms with Crippen molar-refractivity contribution in [3.05, 3.63) is 23.8 Å². The third kappa shape index (κ3) is 2.22. The lowest BCUT2D eigenvalue weighted by molar-refractivity contribution is 0.0696. The van der Waals surface area contributed by atoms with E-state index in [4.69, 9.17) is 5.11 Å². The number of hydrogen-bond acceptors (Lipinski definition) is 4. The summed E-state index contributed by atoms with van der Waals surface area (Å²) >= 11 is 0. The molecule has 70 valence electrons.